The minimum absolute atomic E-state index is 0.0252. The lowest BCUT2D eigenvalue weighted by atomic mass is 10.1. The van der Waals surface area contributed by atoms with Gasteiger partial charge in [-0.1, -0.05) is 24.3 Å². The van der Waals surface area contributed by atoms with Crippen LogP contribution in [0.1, 0.15) is 16.2 Å². The number of nitrogens with one attached hydrogen (secondary N) is 1. The Labute approximate surface area is 121 Å². The number of aromatic nitrogens is 3. The molecule has 0 unspecified atom stereocenters. The molecule has 0 saturated heterocycles. The molecule has 0 atom stereocenters. The van der Waals surface area contributed by atoms with Crippen LogP contribution in [0.2, 0.25) is 0 Å². The average Bonchev–Trinajstić information content (AvgIpc) is 2.90. The molecule has 1 aromatic carbocycles. The summed E-state index contributed by atoms with van der Waals surface area (Å²) in [6.45, 7) is 0.487. The summed E-state index contributed by atoms with van der Waals surface area (Å²) in [5.74, 6) is -0.488. The van der Waals surface area contributed by atoms with E-state index in [1.165, 1.54) is 0 Å². The molecule has 3 aromatic rings. The molecule has 21 heavy (non-hydrogen) atoms. The molecule has 6 heteroatoms. The van der Waals surface area contributed by atoms with Gasteiger partial charge in [0.1, 0.15) is 5.82 Å². The normalized spacial score (nSPS) is 10.7. The topological polar surface area (TPSA) is 80.0 Å². The Bertz CT molecular complexity index is 810. The van der Waals surface area contributed by atoms with E-state index in [0.29, 0.717) is 12.4 Å². The SMILES string of the molecule is Cn1ccc(CNc2nc(C(=O)O)cc3ccccc23)n1. The van der Waals surface area contributed by atoms with Gasteiger partial charge >= 0.3 is 5.97 Å². The van der Waals surface area contributed by atoms with E-state index in [1.807, 2.05) is 43.6 Å². The van der Waals surface area contributed by atoms with Crippen LogP contribution in [0.15, 0.2) is 42.6 Å². The molecule has 0 saturated carbocycles. The fourth-order valence-electron chi connectivity index (χ4n) is 2.17. The number of fused-ring (bicyclic) bond motifs is 1. The highest BCUT2D eigenvalue weighted by Crippen LogP contribution is 2.23. The van der Waals surface area contributed by atoms with Gasteiger partial charge in [-0.05, 0) is 17.5 Å². The molecule has 0 aliphatic carbocycles. The summed E-state index contributed by atoms with van der Waals surface area (Å²) in [6, 6.07) is 11.0. The van der Waals surface area contributed by atoms with Crippen LogP contribution in [-0.4, -0.2) is 25.8 Å². The van der Waals surface area contributed by atoms with Crippen LogP contribution in [0.25, 0.3) is 10.8 Å². The molecule has 106 valence electrons. The number of hydrogen-bond donors (Lipinski definition) is 2. The van der Waals surface area contributed by atoms with Crippen molar-refractivity contribution >= 4 is 22.6 Å². The monoisotopic (exact) mass is 282 g/mol. The molecule has 6 nitrogen and oxygen atoms in total. The van der Waals surface area contributed by atoms with Gasteiger partial charge < -0.3 is 10.4 Å². The first-order chi connectivity index (χ1) is 10.1. The van der Waals surface area contributed by atoms with Gasteiger partial charge in [0.05, 0.1) is 12.2 Å². The summed E-state index contributed by atoms with van der Waals surface area (Å²) in [4.78, 5) is 15.3. The Balaban J connectivity index is 1.97. The first kappa shape index (κ1) is 13.1. The average molecular weight is 282 g/mol. The van der Waals surface area contributed by atoms with Crippen LogP contribution < -0.4 is 5.32 Å². The maximum absolute atomic E-state index is 11.2. The number of carboxylic acids is 1. The van der Waals surface area contributed by atoms with Crippen LogP contribution in [0.4, 0.5) is 5.82 Å². The summed E-state index contributed by atoms with van der Waals surface area (Å²) < 4.78 is 1.72. The van der Waals surface area contributed by atoms with Crippen molar-refractivity contribution < 1.29 is 9.90 Å². The molecule has 0 radical (unpaired) electrons. The van der Waals surface area contributed by atoms with Crippen molar-refractivity contribution in [2.24, 2.45) is 7.05 Å². The van der Waals surface area contributed by atoms with Crippen molar-refractivity contribution in [3.63, 3.8) is 0 Å². The zero-order valence-electron chi connectivity index (χ0n) is 11.4. The lowest BCUT2D eigenvalue weighted by Gasteiger charge is -2.09. The molecule has 2 heterocycles. The first-order valence-corrected chi connectivity index (χ1v) is 6.49. The highest BCUT2D eigenvalue weighted by atomic mass is 16.4. The number of hydrogen-bond acceptors (Lipinski definition) is 4. The highest BCUT2D eigenvalue weighted by Gasteiger charge is 2.10. The van der Waals surface area contributed by atoms with E-state index in [9.17, 15) is 4.79 Å². The quantitative estimate of drug-likeness (QED) is 0.767. The van der Waals surface area contributed by atoms with E-state index in [4.69, 9.17) is 5.11 Å². The minimum Gasteiger partial charge on any atom is -0.477 e. The van der Waals surface area contributed by atoms with Gasteiger partial charge in [0.25, 0.3) is 0 Å². The molecule has 0 spiro atoms. The number of carboxylic acid groups (broad SMARTS) is 1. The summed E-state index contributed by atoms with van der Waals surface area (Å²) in [5, 5.41) is 18.3. The molecular formula is C15H14N4O2. The smallest absolute Gasteiger partial charge is 0.354 e. The van der Waals surface area contributed by atoms with E-state index in [2.05, 4.69) is 15.4 Å². The van der Waals surface area contributed by atoms with Crippen molar-refractivity contribution in [1.29, 1.82) is 0 Å². The van der Waals surface area contributed by atoms with Crippen LogP contribution in [-0.2, 0) is 13.6 Å². The molecule has 0 aliphatic rings. The van der Waals surface area contributed by atoms with E-state index >= 15 is 0 Å². The van der Waals surface area contributed by atoms with Crippen LogP contribution in [0, 0.1) is 0 Å². The molecule has 0 aliphatic heterocycles. The van der Waals surface area contributed by atoms with E-state index in [1.54, 1.807) is 10.7 Å². The number of pyridine rings is 1. The third kappa shape index (κ3) is 2.69. The molecule has 0 bridgehead atoms. The van der Waals surface area contributed by atoms with Crippen LogP contribution >= 0.6 is 0 Å². The Hall–Kier alpha value is -2.89. The minimum atomic E-state index is -1.04. The lowest BCUT2D eigenvalue weighted by molar-refractivity contribution is 0.0691. The summed E-state index contributed by atoms with van der Waals surface area (Å²) >= 11 is 0. The molecule has 0 amide bonds. The summed E-state index contributed by atoms with van der Waals surface area (Å²) in [6.07, 6.45) is 1.86. The highest BCUT2D eigenvalue weighted by molar-refractivity contribution is 5.97. The standard InChI is InChI=1S/C15H14N4O2/c1-19-7-6-11(18-19)9-16-14-12-5-3-2-4-10(12)8-13(17-14)15(20)21/h2-8H,9H2,1H3,(H,16,17)(H,20,21). The number of benzene rings is 1. The maximum atomic E-state index is 11.2. The van der Waals surface area contributed by atoms with Gasteiger partial charge in [0.2, 0.25) is 0 Å². The lowest BCUT2D eigenvalue weighted by Crippen LogP contribution is -2.07. The second-order valence-electron chi connectivity index (χ2n) is 4.72. The van der Waals surface area contributed by atoms with Crippen molar-refractivity contribution in [3.8, 4) is 0 Å². The summed E-state index contributed by atoms with van der Waals surface area (Å²) in [5.41, 5.74) is 0.890. The molecule has 0 fully saturated rings. The zero-order chi connectivity index (χ0) is 14.8. The van der Waals surface area contributed by atoms with E-state index in [-0.39, 0.29) is 5.69 Å². The largest absolute Gasteiger partial charge is 0.477 e. The van der Waals surface area contributed by atoms with Crippen molar-refractivity contribution in [3.05, 3.63) is 54.0 Å². The number of aryl methyl sites for hydroxylation is 1. The van der Waals surface area contributed by atoms with Crippen molar-refractivity contribution in [2.75, 3.05) is 5.32 Å². The van der Waals surface area contributed by atoms with E-state index in [0.717, 1.165) is 16.5 Å². The molecular weight excluding hydrogens is 268 g/mol. The Morgan fingerprint density at radius 2 is 2.14 bits per heavy atom. The fourth-order valence-corrected chi connectivity index (χ4v) is 2.17. The zero-order valence-corrected chi connectivity index (χ0v) is 11.4. The number of aromatic carboxylic acids is 1. The van der Waals surface area contributed by atoms with Crippen LogP contribution in [0.5, 0.6) is 0 Å². The third-order valence-electron chi connectivity index (χ3n) is 3.17. The number of rotatable bonds is 4. The van der Waals surface area contributed by atoms with Crippen molar-refractivity contribution in [1.82, 2.24) is 14.8 Å². The van der Waals surface area contributed by atoms with Crippen LogP contribution in [0.3, 0.4) is 0 Å². The van der Waals surface area contributed by atoms with Gasteiger partial charge in [-0.3, -0.25) is 4.68 Å². The summed E-state index contributed by atoms with van der Waals surface area (Å²) in [7, 11) is 1.85. The molecule has 2 aromatic heterocycles. The van der Waals surface area contributed by atoms with Gasteiger partial charge in [0, 0.05) is 18.6 Å². The van der Waals surface area contributed by atoms with Gasteiger partial charge in [-0.25, -0.2) is 9.78 Å². The van der Waals surface area contributed by atoms with Crippen molar-refractivity contribution in [2.45, 2.75) is 6.54 Å². The number of anilines is 1. The number of carbonyl (C=O) groups is 1. The predicted molar refractivity (Wildman–Crippen MR) is 79.2 cm³/mol. The third-order valence-corrected chi connectivity index (χ3v) is 3.17. The van der Waals surface area contributed by atoms with E-state index < -0.39 is 5.97 Å². The van der Waals surface area contributed by atoms with Gasteiger partial charge in [-0.15, -0.1) is 0 Å². The maximum Gasteiger partial charge on any atom is 0.354 e. The Morgan fingerprint density at radius 3 is 2.86 bits per heavy atom. The second kappa shape index (κ2) is 5.24. The molecule has 3 rings (SSSR count). The fraction of sp³-hybridized carbons (Fsp3) is 0.133. The number of nitrogens with zero attached hydrogens (tertiary/aromatic N) is 3. The van der Waals surface area contributed by atoms with Gasteiger partial charge in [-0.2, -0.15) is 5.10 Å². The predicted octanol–water partition coefficient (Wildman–Crippen LogP) is 2.28. The Kier molecular flexibility index (Phi) is 3.27. The van der Waals surface area contributed by atoms with Gasteiger partial charge in [0.15, 0.2) is 5.69 Å². The second-order valence-corrected chi connectivity index (χ2v) is 4.72. The first-order valence-electron chi connectivity index (χ1n) is 6.49. The Morgan fingerprint density at radius 1 is 1.33 bits per heavy atom. The molecule has 2 N–H and O–H groups in total.